The third-order valence-corrected chi connectivity index (χ3v) is 3.04. The fraction of sp³-hybridized carbons (Fsp3) is 0.500. The Labute approximate surface area is 109 Å². The topological polar surface area (TPSA) is 12.0 Å². The maximum absolute atomic E-state index is 14.0. The van der Waals surface area contributed by atoms with E-state index in [0.29, 0.717) is 5.56 Å². The van der Waals surface area contributed by atoms with Gasteiger partial charge >= 0.3 is 0 Å². The summed E-state index contributed by atoms with van der Waals surface area (Å²) in [6.45, 7) is 7.99. The maximum atomic E-state index is 14.0. The van der Waals surface area contributed by atoms with Gasteiger partial charge in [-0.1, -0.05) is 17.9 Å². The molecule has 0 aromatic heterocycles. The van der Waals surface area contributed by atoms with Crippen LogP contribution < -0.4 is 5.32 Å². The van der Waals surface area contributed by atoms with E-state index in [2.05, 4.69) is 17.2 Å². The van der Waals surface area contributed by atoms with E-state index < -0.39 is 0 Å². The molecule has 0 spiro atoms. The van der Waals surface area contributed by atoms with Crippen LogP contribution in [0.5, 0.6) is 0 Å². The van der Waals surface area contributed by atoms with E-state index in [9.17, 15) is 4.39 Å². The molecule has 1 aliphatic heterocycles. The first-order valence-corrected chi connectivity index (χ1v) is 6.51. The van der Waals surface area contributed by atoms with E-state index >= 15 is 0 Å². The van der Waals surface area contributed by atoms with E-state index in [1.807, 2.05) is 26.8 Å². The van der Waals surface area contributed by atoms with E-state index in [-0.39, 0.29) is 11.2 Å². The number of hydrogen-bond donors (Lipinski definition) is 1. The Morgan fingerprint density at radius 1 is 1.17 bits per heavy atom. The van der Waals surface area contributed by atoms with Gasteiger partial charge in [0.1, 0.15) is 5.82 Å². The van der Waals surface area contributed by atoms with Gasteiger partial charge in [-0.05, 0) is 63.9 Å². The molecule has 0 atom stereocenters. The molecular formula is C16H20FN. The summed E-state index contributed by atoms with van der Waals surface area (Å²) in [5.41, 5.74) is 2.83. The lowest BCUT2D eigenvalue weighted by molar-refractivity contribution is 0.570. The molecule has 0 aliphatic carbocycles. The predicted octanol–water partition coefficient (Wildman–Crippen LogP) is 2.91. The van der Waals surface area contributed by atoms with Crippen molar-refractivity contribution in [1.82, 2.24) is 5.32 Å². The van der Waals surface area contributed by atoms with Crippen molar-refractivity contribution in [2.45, 2.75) is 33.6 Å². The van der Waals surface area contributed by atoms with Crippen molar-refractivity contribution < 1.29 is 4.39 Å². The van der Waals surface area contributed by atoms with Crippen molar-refractivity contribution in [3.8, 4) is 11.8 Å². The van der Waals surface area contributed by atoms with E-state index in [1.165, 1.54) is 5.56 Å². The second-order valence-corrected chi connectivity index (χ2v) is 5.81. The number of rotatable bonds is 0. The van der Waals surface area contributed by atoms with Gasteiger partial charge in [-0.25, -0.2) is 4.39 Å². The molecule has 18 heavy (non-hydrogen) atoms. The lowest BCUT2D eigenvalue weighted by atomic mass is 9.94. The van der Waals surface area contributed by atoms with Crippen LogP contribution in [0.4, 0.5) is 4.39 Å². The normalized spacial score (nSPS) is 15.3. The van der Waals surface area contributed by atoms with Crippen molar-refractivity contribution >= 4 is 0 Å². The Morgan fingerprint density at radius 2 is 1.89 bits per heavy atom. The fourth-order valence-corrected chi connectivity index (χ4v) is 2.13. The minimum atomic E-state index is -0.188. The highest BCUT2D eigenvalue weighted by Crippen LogP contribution is 2.21. The second-order valence-electron chi connectivity index (χ2n) is 5.81. The molecule has 2 rings (SSSR count). The predicted molar refractivity (Wildman–Crippen MR) is 73.0 cm³/mol. The molecule has 1 aromatic carbocycles. The van der Waals surface area contributed by atoms with Gasteiger partial charge in [0.25, 0.3) is 0 Å². The van der Waals surface area contributed by atoms with Crippen molar-refractivity contribution in [1.29, 1.82) is 0 Å². The molecule has 1 aromatic rings. The first-order valence-electron chi connectivity index (χ1n) is 6.51. The second kappa shape index (κ2) is 5.12. The molecule has 0 saturated heterocycles. The molecule has 1 N–H and O–H groups in total. The molecule has 96 valence electrons. The highest BCUT2D eigenvalue weighted by molar-refractivity contribution is 5.48. The Bertz CT molecular complexity index is 500. The standard InChI is InChI=1S/C16H20FN/c1-16(2,3)9-6-14-13-8-11-18-10-7-12(13)4-5-15(14)17/h4-5,18H,7-8,10-11H2,1-3H3. The summed E-state index contributed by atoms with van der Waals surface area (Å²) < 4.78 is 14.0. The Kier molecular flexibility index (Phi) is 3.73. The number of benzene rings is 1. The summed E-state index contributed by atoms with van der Waals surface area (Å²) >= 11 is 0. The Balaban J connectivity index is 2.48. The van der Waals surface area contributed by atoms with Crippen molar-refractivity contribution in [2.75, 3.05) is 13.1 Å². The molecule has 0 bridgehead atoms. The van der Waals surface area contributed by atoms with Crippen LogP contribution in [0.3, 0.4) is 0 Å². The van der Waals surface area contributed by atoms with Crippen LogP contribution in [0.15, 0.2) is 12.1 Å². The highest BCUT2D eigenvalue weighted by Gasteiger charge is 2.14. The maximum Gasteiger partial charge on any atom is 0.139 e. The van der Waals surface area contributed by atoms with Gasteiger partial charge in [0, 0.05) is 5.41 Å². The summed E-state index contributed by atoms with van der Waals surface area (Å²) in [4.78, 5) is 0. The molecule has 0 radical (unpaired) electrons. The van der Waals surface area contributed by atoms with E-state index in [4.69, 9.17) is 0 Å². The highest BCUT2D eigenvalue weighted by atomic mass is 19.1. The quantitative estimate of drug-likeness (QED) is 0.693. The van der Waals surface area contributed by atoms with Crippen molar-refractivity contribution in [2.24, 2.45) is 5.41 Å². The lowest BCUT2D eigenvalue weighted by Crippen LogP contribution is -2.16. The summed E-state index contributed by atoms with van der Waals surface area (Å²) in [6.07, 6.45) is 1.82. The SMILES string of the molecule is CC(C)(C)C#Cc1c(F)ccc2c1CCNCC2. The minimum absolute atomic E-state index is 0.0991. The molecule has 0 unspecified atom stereocenters. The monoisotopic (exact) mass is 245 g/mol. The van der Waals surface area contributed by atoms with Gasteiger partial charge in [-0.15, -0.1) is 0 Å². The number of fused-ring (bicyclic) bond motifs is 1. The number of nitrogens with one attached hydrogen (secondary N) is 1. The van der Waals surface area contributed by atoms with Crippen LogP contribution in [0, 0.1) is 23.1 Å². The van der Waals surface area contributed by atoms with Crippen LogP contribution in [0.1, 0.15) is 37.5 Å². The molecule has 0 fully saturated rings. The molecule has 0 saturated carbocycles. The van der Waals surface area contributed by atoms with Gasteiger partial charge in [-0.2, -0.15) is 0 Å². The van der Waals surface area contributed by atoms with Crippen molar-refractivity contribution in [3.63, 3.8) is 0 Å². The lowest BCUT2D eigenvalue weighted by Gasteiger charge is -2.11. The summed E-state index contributed by atoms with van der Waals surface area (Å²) in [6, 6.07) is 3.46. The number of hydrogen-bond acceptors (Lipinski definition) is 1. The zero-order valence-electron chi connectivity index (χ0n) is 11.4. The first kappa shape index (κ1) is 13.1. The molecule has 1 nitrogen and oxygen atoms in total. The summed E-state index contributed by atoms with van der Waals surface area (Å²) in [5, 5.41) is 3.34. The van der Waals surface area contributed by atoms with Crippen LogP contribution in [-0.4, -0.2) is 13.1 Å². The van der Waals surface area contributed by atoms with E-state index in [1.54, 1.807) is 6.07 Å². The molecular weight excluding hydrogens is 225 g/mol. The summed E-state index contributed by atoms with van der Waals surface area (Å²) in [7, 11) is 0. The first-order chi connectivity index (χ1) is 8.47. The van der Waals surface area contributed by atoms with Crippen LogP contribution >= 0.6 is 0 Å². The minimum Gasteiger partial charge on any atom is -0.316 e. The van der Waals surface area contributed by atoms with Gasteiger partial charge in [0.05, 0.1) is 5.56 Å². The van der Waals surface area contributed by atoms with Gasteiger partial charge in [0.2, 0.25) is 0 Å². The smallest absolute Gasteiger partial charge is 0.139 e. The zero-order valence-corrected chi connectivity index (χ0v) is 11.4. The molecule has 0 amide bonds. The zero-order chi connectivity index (χ0) is 13.2. The average molecular weight is 245 g/mol. The number of halogens is 1. The third kappa shape index (κ3) is 3.11. The van der Waals surface area contributed by atoms with Crippen LogP contribution in [-0.2, 0) is 12.8 Å². The van der Waals surface area contributed by atoms with Gasteiger partial charge in [0.15, 0.2) is 0 Å². The van der Waals surface area contributed by atoms with Crippen LogP contribution in [0.25, 0.3) is 0 Å². The average Bonchev–Trinajstić information content (AvgIpc) is 2.51. The molecule has 2 heteroatoms. The van der Waals surface area contributed by atoms with Gasteiger partial charge < -0.3 is 5.32 Å². The van der Waals surface area contributed by atoms with Gasteiger partial charge in [-0.3, -0.25) is 0 Å². The third-order valence-electron chi connectivity index (χ3n) is 3.04. The molecule has 1 heterocycles. The summed E-state index contributed by atoms with van der Waals surface area (Å²) in [5.74, 6) is 6.01. The fourth-order valence-electron chi connectivity index (χ4n) is 2.13. The Morgan fingerprint density at radius 3 is 2.61 bits per heavy atom. The Hall–Kier alpha value is -1.33. The largest absolute Gasteiger partial charge is 0.316 e. The van der Waals surface area contributed by atoms with E-state index in [0.717, 1.165) is 31.5 Å². The van der Waals surface area contributed by atoms with Crippen molar-refractivity contribution in [3.05, 3.63) is 34.6 Å². The van der Waals surface area contributed by atoms with Crippen LogP contribution in [0.2, 0.25) is 0 Å². The molecule has 1 aliphatic rings.